The van der Waals surface area contributed by atoms with Gasteiger partial charge in [-0.25, -0.2) is 0 Å². The Hall–Kier alpha value is -2.64. The highest BCUT2D eigenvalue weighted by Crippen LogP contribution is 2.26. The molecule has 0 saturated carbocycles. The summed E-state index contributed by atoms with van der Waals surface area (Å²) in [5.41, 5.74) is 0.467. The molecular weight excluding hydrogens is 336 g/mol. The quantitative estimate of drug-likeness (QED) is 0.780. The Balaban J connectivity index is 1.55. The number of carbonyl (C=O) groups excluding carboxylic acids is 1. The molecule has 0 aromatic carbocycles. The molecule has 140 valence electrons. The third-order valence-electron chi connectivity index (χ3n) is 4.72. The number of nitrogens with zero attached hydrogens (tertiary/aromatic N) is 4. The fourth-order valence-corrected chi connectivity index (χ4v) is 3.23. The maximum Gasteiger partial charge on any atom is 0.259 e. The van der Waals surface area contributed by atoms with Gasteiger partial charge < -0.3 is 18.9 Å². The van der Waals surface area contributed by atoms with Crippen LogP contribution < -0.4 is 9.47 Å². The zero-order valence-electron chi connectivity index (χ0n) is 15.4. The molecule has 26 heavy (non-hydrogen) atoms. The fraction of sp³-hybridized carbons (Fsp3) is 0.556. The number of aryl methyl sites for hydroxylation is 2. The third-order valence-corrected chi connectivity index (χ3v) is 4.72. The van der Waals surface area contributed by atoms with Crippen molar-refractivity contribution in [1.29, 1.82) is 0 Å². The van der Waals surface area contributed by atoms with Crippen LogP contribution in [0.3, 0.4) is 0 Å². The molecule has 1 saturated heterocycles. The summed E-state index contributed by atoms with van der Waals surface area (Å²) in [4.78, 5) is 23.1. The molecule has 0 spiro atoms. The molecule has 0 bridgehead atoms. The Labute approximate surface area is 152 Å². The van der Waals surface area contributed by atoms with Crippen molar-refractivity contribution in [3.05, 3.63) is 29.4 Å². The molecule has 1 fully saturated rings. The van der Waals surface area contributed by atoms with Crippen molar-refractivity contribution in [1.82, 2.24) is 20.0 Å². The van der Waals surface area contributed by atoms with Gasteiger partial charge in [-0.15, -0.1) is 0 Å². The maximum atomic E-state index is 12.8. The molecule has 0 aliphatic carbocycles. The number of carbonyl (C=O) groups is 1. The summed E-state index contributed by atoms with van der Waals surface area (Å²) in [6.07, 6.45) is 3.75. The third kappa shape index (κ3) is 4.12. The van der Waals surface area contributed by atoms with Gasteiger partial charge in [0.1, 0.15) is 5.56 Å². The van der Waals surface area contributed by atoms with Crippen LogP contribution in [0.4, 0.5) is 0 Å². The van der Waals surface area contributed by atoms with Gasteiger partial charge in [-0.1, -0.05) is 5.16 Å². The molecule has 0 atom stereocenters. The molecule has 1 amide bonds. The lowest BCUT2D eigenvalue weighted by Gasteiger charge is -2.32. The lowest BCUT2D eigenvalue weighted by atomic mass is 9.92. The van der Waals surface area contributed by atoms with Crippen LogP contribution in [0, 0.1) is 12.8 Å². The SMILES string of the molecule is COc1ccc(C(=O)N2CCC(CCc3noc(C)n3)CC2)c(OC)n1. The van der Waals surface area contributed by atoms with Crippen LogP contribution in [0.25, 0.3) is 0 Å². The van der Waals surface area contributed by atoms with E-state index >= 15 is 0 Å². The molecule has 2 aromatic heterocycles. The maximum absolute atomic E-state index is 12.8. The molecule has 2 aromatic rings. The van der Waals surface area contributed by atoms with Gasteiger partial charge in [-0.3, -0.25) is 4.79 Å². The number of hydrogen-bond donors (Lipinski definition) is 0. The van der Waals surface area contributed by atoms with Crippen molar-refractivity contribution in [3.63, 3.8) is 0 Å². The number of ether oxygens (including phenoxy) is 2. The number of methoxy groups -OCH3 is 2. The molecule has 1 aliphatic rings. The number of amides is 1. The molecule has 0 N–H and O–H groups in total. The Bertz CT molecular complexity index is 753. The van der Waals surface area contributed by atoms with Crippen LogP contribution >= 0.6 is 0 Å². The summed E-state index contributed by atoms with van der Waals surface area (Å²) < 4.78 is 15.3. The number of pyridine rings is 1. The molecule has 8 nitrogen and oxygen atoms in total. The molecule has 8 heteroatoms. The van der Waals surface area contributed by atoms with Crippen LogP contribution in [-0.2, 0) is 6.42 Å². The van der Waals surface area contributed by atoms with Gasteiger partial charge in [-0.05, 0) is 31.2 Å². The predicted molar refractivity (Wildman–Crippen MR) is 93.3 cm³/mol. The number of hydrogen-bond acceptors (Lipinski definition) is 7. The number of rotatable bonds is 6. The van der Waals surface area contributed by atoms with E-state index in [2.05, 4.69) is 15.1 Å². The number of likely N-dealkylation sites (tertiary alicyclic amines) is 1. The summed E-state index contributed by atoms with van der Waals surface area (Å²) >= 11 is 0. The van der Waals surface area contributed by atoms with Crippen molar-refractivity contribution in [2.45, 2.75) is 32.6 Å². The van der Waals surface area contributed by atoms with Gasteiger partial charge in [0.2, 0.25) is 17.7 Å². The average Bonchev–Trinajstić information content (AvgIpc) is 3.11. The molecule has 3 rings (SSSR count). The minimum absolute atomic E-state index is 0.0516. The van der Waals surface area contributed by atoms with Crippen molar-refractivity contribution < 1.29 is 18.8 Å². The zero-order chi connectivity index (χ0) is 18.5. The van der Waals surface area contributed by atoms with Crippen molar-refractivity contribution in [2.75, 3.05) is 27.3 Å². The molecule has 1 aliphatic heterocycles. The van der Waals surface area contributed by atoms with Crippen LogP contribution in [0.15, 0.2) is 16.7 Å². The van der Waals surface area contributed by atoms with E-state index in [1.165, 1.54) is 14.2 Å². The monoisotopic (exact) mass is 360 g/mol. The van der Waals surface area contributed by atoms with Crippen molar-refractivity contribution in [2.24, 2.45) is 5.92 Å². The second kappa shape index (κ2) is 8.16. The second-order valence-corrected chi connectivity index (χ2v) is 6.41. The normalized spacial score (nSPS) is 15.1. The Kier molecular flexibility index (Phi) is 5.70. The van der Waals surface area contributed by atoms with Crippen molar-refractivity contribution >= 4 is 5.91 Å². The van der Waals surface area contributed by atoms with Crippen molar-refractivity contribution in [3.8, 4) is 11.8 Å². The lowest BCUT2D eigenvalue weighted by Crippen LogP contribution is -2.38. The molecule has 3 heterocycles. The standard InChI is InChI=1S/C18H24N4O4/c1-12-19-15(21-26-12)6-4-13-8-10-22(11-9-13)18(23)14-5-7-16(24-2)20-17(14)25-3/h5,7,13H,4,6,8-11H2,1-3H3. The Morgan fingerprint density at radius 2 is 2.00 bits per heavy atom. The topological polar surface area (TPSA) is 90.6 Å². The van der Waals surface area contributed by atoms with Gasteiger partial charge in [-0.2, -0.15) is 9.97 Å². The van der Waals surface area contributed by atoms with E-state index in [4.69, 9.17) is 14.0 Å². The van der Waals surface area contributed by atoms with Gasteiger partial charge in [0.05, 0.1) is 14.2 Å². The first-order valence-electron chi connectivity index (χ1n) is 8.78. The van der Waals surface area contributed by atoms with Crippen LogP contribution in [0.2, 0.25) is 0 Å². The van der Waals surface area contributed by atoms with E-state index in [1.807, 2.05) is 4.90 Å². The van der Waals surface area contributed by atoms with E-state index < -0.39 is 0 Å². The molecular formula is C18H24N4O4. The predicted octanol–water partition coefficient (Wildman–Crippen LogP) is 2.28. The van der Waals surface area contributed by atoms with E-state index in [0.29, 0.717) is 29.1 Å². The van der Waals surface area contributed by atoms with Crippen LogP contribution in [0.1, 0.15) is 41.3 Å². The summed E-state index contributed by atoms with van der Waals surface area (Å²) in [6.45, 7) is 3.25. The summed E-state index contributed by atoms with van der Waals surface area (Å²) in [5, 5.41) is 3.93. The number of piperidine rings is 1. The van der Waals surface area contributed by atoms with E-state index in [9.17, 15) is 4.79 Å². The zero-order valence-corrected chi connectivity index (χ0v) is 15.4. The highest BCUT2D eigenvalue weighted by Gasteiger charge is 2.26. The van der Waals surface area contributed by atoms with Crippen LogP contribution in [0.5, 0.6) is 11.8 Å². The van der Waals surface area contributed by atoms with Gasteiger partial charge in [0.25, 0.3) is 5.91 Å². The Morgan fingerprint density at radius 3 is 2.62 bits per heavy atom. The first-order chi connectivity index (χ1) is 12.6. The molecule has 0 radical (unpaired) electrons. The highest BCUT2D eigenvalue weighted by molar-refractivity contribution is 5.96. The van der Waals surface area contributed by atoms with E-state index in [0.717, 1.165) is 44.6 Å². The highest BCUT2D eigenvalue weighted by atomic mass is 16.5. The Morgan fingerprint density at radius 1 is 1.23 bits per heavy atom. The van der Waals surface area contributed by atoms with Crippen LogP contribution in [-0.4, -0.2) is 53.2 Å². The van der Waals surface area contributed by atoms with Gasteiger partial charge in [0, 0.05) is 32.5 Å². The fourth-order valence-electron chi connectivity index (χ4n) is 3.23. The first kappa shape index (κ1) is 18.2. The minimum atomic E-state index is -0.0516. The minimum Gasteiger partial charge on any atom is -0.481 e. The average molecular weight is 360 g/mol. The van der Waals surface area contributed by atoms with Gasteiger partial charge in [0.15, 0.2) is 5.82 Å². The first-order valence-corrected chi connectivity index (χ1v) is 8.78. The lowest BCUT2D eigenvalue weighted by molar-refractivity contribution is 0.0682. The molecule has 0 unspecified atom stereocenters. The van der Waals surface area contributed by atoms with Gasteiger partial charge >= 0.3 is 0 Å². The summed E-state index contributed by atoms with van der Waals surface area (Å²) in [7, 11) is 3.04. The smallest absolute Gasteiger partial charge is 0.259 e. The number of aromatic nitrogens is 3. The van der Waals surface area contributed by atoms with E-state index in [1.54, 1.807) is 19.1 Å². The van der Waals surface area contributed by atoms with E-state index in [-0.39, 0.29) is 5.91 Å². The largest absolute Gasteiger partial charge is 0.481 e. The second-order valence-electron chi connectivity index (χ2n) is 6.41. The summed E-state index contributed by atoms with van der Waals surface area (Å²) in [5.74, 6) is 2.59. The summed E-state index contributed by atoms with van der Waals surface area (Å²) in [6, 6.07) is 3.38.